The smallest absolute Gasteiger partial charge is 0.322 e. The number of esters is 1. The Bertz CT molecular complexity index is 1590. The van der Waals surface area contributed by atoms with Crippen LogP contribution < -0.4 is 26.8 Å². The van der Waals surface area contributed by atoms with Gasteiger partial charge in [0.15, 0.2) is 5.75 Å². The summed E-state index contributed by atoms with van der Waals surface area (Å²) in [7, 11) is -4.34. The third-order valence-corrected chi connectivity index (χ3v) is 7.65. The first-order valence-corrected chi connectivity index (χ1v) is 15.0. The minimum absolute atomic E-state index is 0.0227. The summed E-state index contributed by atoms with van der Waals surface area (Å²) in [5.74, 6) is -4.29. The van der Waals surface area contributed by atoms with Crippen LogP contribution in [-0.4, -0.2) is 67.4 Å². The molecule has 3 rings (SSSR count). The van der Waals surface area contributed by atoms with Crippen LogP contribution in [0.3, 0.4) is 0 Å². The molecule has 0 fully saturated rings. The second-order valence-electron chi connectivity index (χ2n) is 9.69. The van der Waals surface area contributed by atoms with E-state index in [1.807, 2.05) is 12.1 Å². The SMILES string of the molecule is CCOC(=O)CS(=O)(=O)NC(Cc1c[nH]c2ccccc12)C(=O)NC(CCC(N)=O)C(=O)NCc1ccc(C(=N)N)cc1. The first-order chi connectivity index (χ1) is 20.4. The van der Waals surface area contributed by atoms with E-state index in [1.54, 1.807) is 42.6 Å². The first kappa shape index (κ1) is 32.8. The Balaban J connectivity index is 1.81. The van der Waals surface area contributed by atoms with Crippen molar-refractivity contribution in [2.24, 2.45) is 11.5 Å². The molecule has 2 unspecified atom stereocenters. The van der Waals surface area contributed by atoms with Crippen LogP contribution >= 0.6 is 0 Å². The van der Waals surface area contributed by atoms with E-state index in [9.17, 15) is 27.6 Å². The molecule has 0 bridgehead atoms. The predicted molar refractivity (Wildman–Crippen MR) is 159 cm³/mol. The summed E-state index contributed by atoms with van der Waals surface area (Å²) in [6.45, 7) is 1.57. The zero-order chi connectivity index (χ0) is 31.6. The number of fused-ring (bicyclic) bond motifs is 1. The number of hydrogen-bond acceptors (Lipinski definition) is 8. The molecule has 0 aliphatic heterocycles. The maximum absolute atomic E-state index is 13.5. The number of carbonyl (C=O) groups excluding carboxylic acids is 4. The zero-order valence-corrected chi connectivity index (χ0v) is 24.3. The number of amidine groups is 1. The van der Waals surface area contributed by atoms with E-state index in [0.29, 0.717) is 16.7 Å². The lowest BCUT2D eigenvalue weighted by Crippen LogP contribution is -2.55. The number of H-pyrrole nitrogens is 1. The van der Waals surface area contributed by atoms with Crippen LogP contribution in [0.4, 0.5) is 0 Å². The van der Waals surface area contributed by atoms with Crippen molar-refractivity contribution >= 4 is 50.5 Å². The highest BCUT2D eigenvalue weighted by Crippen LogP contribution is 2.19. The third kappa shape index (κ3) is 9.93. The summed E-state index contributed by atoms with van der Waals surface area (Å²) in [5, 5.41) is 13.5. The monoisotopic (exact) mass is 613 g/mol. The maximum Gasteiger partial charge on any atom is 0.322 e. The Hall–Kier alpha value is -4.76. The van der Waals surface area contributed by atoms with Gasteiger partial charge in [-0.05, 0) is 37.0 Å². The number of sulfonamides is 1. The van der Waals surface area contributed by atoms with Crippen LogP contribution in [0, 0.1) is 5.41 Å². The third-order valence-electron chi connectivity index (χ3n) is 6.39. The molecule has 1 aromatic heterocycles. The number of nitrogen functional groups attached to an aromatic ring is 1. The predicted octanol–water partition coefficient (Wildman–Crippen LogP) is -0.0877. The lowest BCUT2D eigenvalue weighted by molar-refractivity contribution is -0.140. The number of para-hydroxylation sites is 1. The summed E-state index contributed by atoms with van der Waals surface area (Å²) in [6.07, 6.45) is 1.14. The van der Waals surface area contributed by atoms with Gasteiger partial charge in [-0.25, -0.2) is 13.1 Å². The molecule has 0 saturated carbocycles. The molecule has 0 aliphatic rings. The minimum atomic E-state index is -4.34. The topological polar surface area (TPSA) is 239 Å². The second kappa shape index (κ2) is 14.9. The fourth-order valence-electron chi connectivity index (χ4n) is 4.27. The normalized spacial score (nSPS) is 12.7. The largest absolute Gasteiger partial charge is 0.465 e. The molecule has 2 aromatic carbocycles. The molecule has 0 aliphatic carbocycles. The van der Waals surface area contributed by atoms with Crippen LogP contribution in [-0.2, 0) is 46.9 Å². The van der Waals surface area contributed by atoms with Crippen molar-refractivity contribution in [1.82, 2.24) is 20.3 Å². The van der Waals surface area contributed by atoms with E-state index in [4.69, 9.17) is 21.6 Å². The Morgan fingerprint density at radius 1 is 1.00 bits per heavy atom. The van der Waals surface area contributed by atoms with Crippen molar-refractivity contribution in [2.75, 3.05) is 12.4 Å². The van der Waals surface area contributed by atoms with Gasteiger partial charge < -0.3 is 31.8 Å². The number of hydrogen-bond donors (Lipinski definition) is 7. The highest BCUT2D eigenvalue weighted by Gasteiger charge is 2.31. The number of aromatic nitrogens is 1. The van der Waals surface area contributed by atoms with E-state index >= 15 is 0 Å². The molecule has 230 valence electrons. The number of rotatable bonds is 16. The van der Waals surface area contributed by atoms with E-state index in [2.05, 4.69) is 20.3 Å². The summed E-state index contributed by atoms with van der Waals surface area (Å²) in [4.78, 5) is 53.1. The fourth-order valence-corrected chi connectivity index (χ4v) is 5.37. The molecular weight excluding hydrogens is 578 g/mol. The molecule has 15 heteroatoms. The van der Waals surface area contributed by atoms with Crippen molar-refractivity contribution in [2.45, 2.75) is 44.8 Å². The molecule has 3 aromatic rings. The van der Waals surface area contributed by atoms with Gasteiger partial charge in [0.05, 0.1) is 6.61 Å². The highest BCUT2D eigenvalue weighted by molar-refractivity contribution is 7.90. The number of aromatic amines is 1. The first-order valence-electron chi connectivity index (χ1n) is 13.4. The number of primary amides is 1. The molecule has 0 spiro atoms. The Morgan fingerprint density at radius 3 is 2.35 bits per heavy atom. The standard InChI is InChI=1S/C28H35N7O7S/c1-2-42-25(37)16-43(40,41)35-23(13-19-15-32-21-6-4-3-5-20(19)21)28(39)34-22(11-12-24(29)36)27(38)33-14-17-7-9-18(10-8-17)26(30)31/h3-10,15,22-23,32,35H,2,11-14,16H2,1H3,(H2,29,36)(H3,30,31)(H,33,38)(H,34,39). The number of carbonyl (C=O) groups is 4. The molecule has 0 saturated heterocycles. The molecule has 2 atom stereocenters. The van der Waals surface area contributed by atoms with Gasteiger partial charge >= 0.3 is 5.97 Å². The fraction of sp³-hybridized carbons (Fsp3) is 0.321. The lowest BCUT2D eigenvalue weighted by atomic mass is 10.0. The molecular formula is C28H35N7O7S. The van der Waals surface area contributed by atoms with Crippen molar-refractivity contribution in [3.05, 3.63) is 71.4 Å². The van der Waals surface area contributed by atoms with Gasteiger partial charge in [0, 0.05) is 35.6 Å². The van der Waals surface area contributed by atoms with Gasteiger partial charge in [0.25, 0.3) is 0 Å². The maximum atomic E-state index is 13.5. The average molecular weight is 614 g/mol. The second-order valence-corrected chi connectivity index (χ2v) is 11.4. The van der Waals surface area contributed by atoms with Crippen molar-refractivity contribution in [3.63, 3.8) is 0 Å². The summed E-state index contributed by atoms with van der Waals surface area (Å²) in [5.41, 5.74) is 13.3. The summed E-state index contributed by atoms with van der Waals surface area (Å²) in [6, 6.07) is 11.1. The van der Waals surface area contributed by atoms with Crippen LogP contribution in [0.5, 0.6) is 0 Å². The Morgan fingerprint density at radius 2 is 1.70 bits per heavy atom. The zero-order valence-electron chi connectivity index (χ0n) is 23.5. The van der Waals surface area contributed by atoms with Crippen LogP contribution in [0.1, 0.15) is 36.5 Å². The molecule has 1 heterocycles. The molecule has 9 N–H and O–H groups in total. The number of ether oxygens (including phenoxy) is 1. The van der Waals surface area contributed by atoms with E-state index in [1.165, 1.54) is 6.92 Å². The quantitative estimate of drug-likeness (QED) is 0.0653. The van der Waals surface area contributed by atoms with Gasteiger partial charge in [0.2, 0.25) is 27.7 Å². The van der Waals surface area contributed by atoms with Crippen LogP contribution in [0.2, 0.25) is 0 Å². The van der Waals surface area contributed by atoms with Crippen LogP contribution in [0.25, 0.3) is 10.9 Å². The average Bonchev–Trinajstić information content (AvgIpc) is 3.36. The number of benzene rings is 2. The molecule has 0 radical (unpaired) electrons. The molecule has 3 amide bonds. The van der Waals surface area contributed by atoms with Crippen molar-refractivity contribution in [1.29, 1.82) is 5.41 Å². The molecule has 14 nitrogen and oxygen atoms in total. The molecule has 43 heavy (non-hydrogen) atoms. The van der Waals surface area contributed by atoms with Crippen molar-refractivity contribution < 1.29 is 32.3 Å². The Labute approximate surface area is 248 Å². The number of amides is 3. The van der Waals surface area contributed by atoms with Gasteiger partial charge in [-0.15, -0.1) is 0 Å². The van der Waals surface area contributed by atoms with E-state index < -0.39 is 51.6 Å². The van der Waals surface area contributed by atoms with Gasteiger partial charge in [-0.2, -0.15) is 0 Å². The van der Waals surface area contributed by atoms with Gasteiger partial charge in [-0.3, -0.25) is 24.6 Å². The van der Waals surface area contributed by atoms with Gasteiger partial charge in [-0.1, -0.05) is 42.5 Å². The minimum Gasteiger partial charge on any atom is -0.465 e. The van der Waals surface area contributed by atoms with Crippen molar-refractivity contribution in [3.8, 4) is 0 Å². The summed E-state index contributed by atoms with van der Waals surface area (Å²) >= 11 is 0. The Kier molecular flexibility index (Phi) is 11.4. The van der Waals surface area contributed by atoms with Gasteiger partial charge in [0.1, 0.15) is 17.9 Å². The van der Waals surface area contributed by atoms with E-state index in [0.717, 1.165) is 10.9 Å². The van der Waals surface area contributed by atoms with Crippen LogP contribution in [0.15, 0.2) is 54.7 Å². The summed E-state index contributed by atoms with van der Waals surface area (Å²) < 4.78 is 32.6. The van der Waals surface area contributed by atoms with E-state index in [-0.39, 0.29) is 38.2 Å². The number of nitrogens with two attached hydrogens (primary N) is 2. The lowest BCUT2D eigenvalue weighted by Gasteiger charge is -2.23. The number of nitrogens with one attached hydrogen (secondary N) is 5. The highest BCUT2D eigenvalue weighted by atomic mass is 32.2.